The number of carbonyl (C=O) groups is 2. The molecule has 0 saturated carbocycles. The first-order valence-electron chi connectivity index (χ1n) is 10.1. The predicted octanol–water partition coefficient (Wildman–Crippen LogP) is 6.25. The molecule has 0 aliphatic rings. The highest BCUT2D eigenvalue weighted by molar-refractivity contribution is 7.14. The normalized spacial score (nSPS) is 10.3. The van der Waals surface area contributed by atoms with E-state index >= 15 is 0 Å². The lowest BCUT2D eigenvalue weighted by atomic mass is 10.2. The summed E-state index contributed by atoms with van der Waals surface area (Å²) in [6.07, 6.45) is 0. The highest BCUT2D eigenvalue weighted by Gasteiger charge is 2.22. The van der Waals surface area contributed by atoms with Gasteiger partial charge in [-0.15, -0.1) is 11.3 Å². The molecule has 0 aliphatic carbocycles. The summed E-state index contributed by atoms with van der Waals surface area (Å²) in [6, 6.07) is 21.7. The van der Waals surface area contributed by atoms with Crippen LogP contribution in [0, 0.1) is 0 Å². The van der Waals surface area contributed by atoms with Crippen LogP contribution in [0.4, 0.5) is 26.1 Å². The van der Waals surface area contributed by atoms with Crippen LogP contribution in [-0.4, -0.2) is 24.2 Å². The summed E-state index contributed by atoms with van der Waals surface area (Å²) in [4.78, 5) is 30.3. The number of anilines is 3. The number of hydrogen-bond acceptors (Lipinski definition) is 5. The van der Waals surface area contributed by atoms with Crippen LogP contribution in [0.2, 0.25) is 5.02 Å². The third kappa shape index (κ3) is 5.83. The third-order valence-corrected chi connectivity index (χ3v) is 5.69. The van der Waals surface area contributed by atoms with E-state index in [0.717, 1.165) is 16.3 Å². The fraction of sp³-hybridized carbons (Fsp3) is 0.0417. The fourth-order valence-corrected chi connectivity index (χ4v) is 3.86. The Morgan fingerprint density at radius 2 is 1.59 bits per heavy atom. The smallest absolute Gasteiger partial charge is 0.347 e. The summed E-state index contributed by atoms with van der Waals surface area (Å²) < 4.78 is 5.19. The molecule has 1 aromatic heterocycles. The van der Waals surface area contributed by atoms with Crippen LogP contribution in [0.25, 0.3) is 11.3 Å². The predicted molar refractivity (Wildman–Crippen MR) is 136 cm³/mol. The fourth-order valence-electron chi connectivity index (χ4n) is 2.94. The van der Waals surface area contributed by atoms with E-state index in [9.17, 15) is 9.59 Å². The molecule has 0 spiro atoms. The molecule has 4 aromatic rings. The highest BCUT2D eigenvalue weighted by Crippen LogP contribution is 2.28. The molecule has 0 atom stereocenters. The zero-order valence-corrected chi connectivity index (χ0v) is 19.6. The number of hydrogen-bond donors (Lipinski definition) is 3. The number of para-hydroxylation sites is 1. The lowest BCUT2D eigenvalue weighted by Gasteiger charge is -2.21. The number of thiazole rings is 1. The first-order valence-corrected chi connectivity index (χ1v) is 11.4. The molecule has 10 heteroatoms. The lowest BCUT2D eigenvalue weighted by Crippen LogP contribution is -2.50. The molecule has 4 rings (SSSR count). The number of halogens is 1. The number of methoxy groups -OCH3 is 1. The molecule has 0 radical (unpaired) electrons. The molecule has 0 bridgehead atoms. The van der Waals surface area contributed by atoms with Gasteiger partial charge in [0.15, 0.2) is 0 Å². The Labute approximate surface area is 205 Å². The van der Waals surface area contributed by atoms with Crippen LogP contribution in [0.1, 0.15) is 0 Å². The van der Waals surface area contributed by atoms with E-state index in [1.54, 1.807) is 61.0 Å². The number of aromatic nitrogens is 1. The average Bonchev–Trinajstić information content (AvgIpc) is 3.34. The molecule has 1 heterocycles. The van der Waals surface area contributed by atoms with Crippen LogP contribution >= 0.6 is 22.9 Å². The summed E-state index contributed by atoms with van der Waals surface area (Å²) >= 11 is 7.14. The number of amides is 4. The number of nitrogens with zero attached hydrogens (tertiary/aromatic N) is 2. The van der Waals surface area contributed by atoms with Gasteiger partial charge in [-0.3, -0.25) is 0 Å². The van der Waals surface area contributed by atoms with Gasteiger partial charge in [0.2, 0.25) is 5.13 Å². The maximum Gasteiger partial charge on any atom is 0.347 e. The van der Waals surface area contributed by atoms with E-state index in [2.05, 4.69) is 21.0 Å². The first kappa shape index (κ1) is 23.1. The van der Waals surface area contributed by atoms with Crippen LogP contribution < -0.4 is 25.8 Å². The average molecular weight is 494 g/mol. The minimum Gasteiger partial charge on any atom is -0.497 e. The van der Waals surface area contributed by atoms with Gasteiger partial charge in [-0.1, -0.05) is 29.8 Å². The molecule has 0 unspecified atom stereocenters. The minimum atomic E-state index is -0.598. The Hall–Kier alpha value is -4.08. The van der Waals surface area contributed by atoms with E-state index < -0.39 is 12.1 Å². The van der Waals surface area contributed by atoms with Crippen LogP contribution in [0.15, 0.2) is 84.2 Å². The largest absolute Gasteiger partial charge is 0.497 e. The van der Waals surface area contributed by atoms with E-state index in [0.29, 0.717) is 22.1 Å². The zero-order chi connectivity index (χ0) is 23.9. The number of benzene rings is 3. The van der Waals surface area contributed by atoms with Crippen molar-refractivity contribution in [3.8, 4) is 17.0 Å². The number of hydrazine groups is 1. The third-order valence-electron chi connectivity index (χ3n) is 4.61. The molecule has 0 fully saturated rings. The molecule has 0 aliphatic heterocycles. The van der Waals surface area contributed by atoms with E-state index in [-0.39, 0.29) is 5.13 Å². The van der Waals surface area contributed by atoms with Crippen molar-refractivity contribution < 1.29 is 14.3 Å². The molecule has 4 amide bonds. The van der Waals surface area contributed by atoms with Gasteiger partial charge >= 0.3 is 12.1 Å². The van der Waals surface area contributed by atoms with Crippen molar-refractivity contribution in [2.75, 3.05) is 22.8 Å². The topological polar surface area (TPSA) is 95.6 Å². The maximum atomic E-state index is 13.1. The van der Waals surface area contributed by atoms with Gasteiger partial charge in [0.05, 0.1) is 12.8 Å². The molecule has 172 valence electrons. The van der Waals surface area contributed by atoms with Crippen molar-refractivity contribution in [1.82, 2.24) is 10.4 Å². The Kier molecular flexibility index (Phi) is 7.26. The van der Waals surface area contributed by atoms with E-state index in [4.69, 9.17) is 16.3 Å². The molecule has 34 heavy (non-hydrogen) atoms. The standard InChI is InChI=1S/C24H20ClN5O3S/c1-33-20-13-7-16(8-14-20)21-15-34-24(28-21)30(23(32)27-19-11-9-17(25)10-12-19)29-22(31)26-18-5-3-2-4-6-18/h2-15H,1H3,(H,27,32)(H2,26,29,31). The summed E-state index contributed by atoms with van der Waals surface area (Å²) in [6.45, 7) is 0. The number of ether oxygens (including phenoxy) is 1. The molecule has 3 aromatic carbocycles. The quantitative estimate of drug-likeness (QED) is 0.286. The molecule has 3 N–H and O–H groups in total. The summed E-state index contributed by atoms with van der Waals surface area (Å²) in [7, 11) is 1.60. The van der Waals surface area contributed by atoms with Gasteiger partial charge in [-0.2, -0.15) is 5.01 Å². The Morgan fingerprint density at radius 3 is 2.26 bits per heavy atom. The molecule has 0 saturated heterocycles. The van der Waals surface area contributed by atoms with Crippen LogP contribution in [0.5, 0.6) is 5.75 Å². The number of urea groups is 2. The van der Waals surface area contributed by atoms with Crippen molar-refractivity contribution >= 4 is 51.5 Å². The first-order chi connectivity index (χ1) is 16.5. The number of nitrogens with one attached hydrogen (secondary N) is 3. The zero-order valence-electron chi connectivity index (χ0n) is 18.0. The van der Waals surface area contributed by atoms with E-state index in [1.807, 2.05) is 30.3 Å². The highest BCUT2D eigenvalue weighted by atomic mass is 35.5. The second kappa shape index (κ2) is 10.7. The van der Waals surface area contributed by atoms with Gasteiger partial charge in [0.1, 0.15) is 5.75 Å². The summed E-state index contributed by atoms with van der Waals surface area (Å²) in [5.41, 5.74) is 5.15. The minimum absolute atomic E-state index is 0.278. The monoisotopic (exact) mass is 493 g/mol. The Morgan fingerprint density at radius 1 is 0.912 bits per heavy atom. The van der Waals surface area contributed by atoms with Crippen molar-refractivity contribution in [3.63, 3.8) is 0 Å². The van der Waals surface area contributed by atoms with Crippen molar-refractivity contribution in [2.45, 2.75) is 0 Å². The van der Waals surface area contributed by atoms with Crippen molar-refractivity contribution in [1.29, 1.82) is 0 Å². The Bertz CT molecular complexity index is 1260. The van der Waals surface area contributed by atoms with Gasteiger partial charge in [0.25, 0.3) is 0 Å². The van der Waals surface area contributed by atoms with Crippen LogP contribution in [0.3, 0.4) is 0 Å². The van der Waals surface area contributed by atoms with Crippen molar-refractivity contribution in [3.05, 3.63) is 89.3 Å². The molecular weight excluding hydrogens is 474 g/mol. The SMILES string of the molecule is COc1ccc(-c2csc(N(NC(=O)Nc3ccccc3)C(=O)Nc3ccc(Cl)cc3)n2)cc1. The maximum absolute atomic E-state index is 13.1. The second-order valence-electron chi connectivity index (χ2n) is 6.95. The van der Waals surface area contributed by atoms with Gasteiger partial charge in [0, 0.05) is 27.3 Å². The second-order valence-corrected chi connectivity index (χ2v) is 8.22. The van der Waals surface area contributed by atoms with Gasteiger partial charge in [-0.25, -0.2) is 20.0 Å². The molecular formula is C24H20ClN5O3S. The number of rotatable bonds is 5. The van der Waals surface area contributed by atoms with Gasteiger partial charge < -0.3 is 15.4 Å². The Balaban J connectivity index is 1.57. The summed E-state index contributed by atoms with van der Waals surface area (Å²) in [5, 5.41) is 9.11. The van der Waals surface area contributed by atoms with E-state index in [1.165, 1.54) is 11.3 Å². The van der Waals surface area contributed by atoms with Gasteiger partial charge in [-0.05, 0) is 60.7 Å². The molecule has 8 nitrogen and oxygen atoms in total. The van der Waals surface area contributed by atoms with Crippen LogP contribution in [-0.2, 0) is 0 Å². The number of carbonyl (C=O) groups excluding carboxylic acids is 2. The van der Waals surface area contributed by atoms with Crippen molar-refractivity contribution in [2.24, 2.45) is 0 Å². The lowest BCUT2D eigenvalue weighted by molar-refractivity contribution is 0.243. The summed E-state index contributed by atoms with van der Waals surface area (Å²) in [5.74, 6) is 0.724.